The highest BCUT2D eigenvalue weighted by Gasteiger charge is 2.30. The molecule has 0 aromatic heterocycles. The van der Waals surface area contributed by atoms with Crippen LogP contribution in [-0.2, 0) is 9.59 Å². The summed E-state index contributed by atoms with van der Waals surface area (Å²) in [5, 5.41) is 2.95. The maximum Gasteiger partial charge on any atom is 0.321 e. The van der Waals surface area contributed by atoms with E-state index in [1.807, 2.05) is 34.1 Å². The van der Waals surface area contributed by atoms with E-state index in [9.17, 15) is 14.4 Å². The highest BCUT2D eigenvalue weighted by atomic mass is 16.2. The van der Waals surface area contributed by atoms with Gasteiger partial charge < -0.3 is 20.0 Å². The van der Waals surface area contributed by atoms with Gasteiger partial charge in [0.05, 0.1) is 0 Å². The van der Waals surface area contributed by atoms with Crippen molar-refractivity contribution in [3.63, 3.8) is 0 Å². The number of piperidine rings is 2. The first kappa shape index (κ1) is 18.8. The molecule has 3 aliphatic heterocycles. The van der Waals surface area contributed by atoms with Crippen LogP contribution >= 0.6 is 0 Å². The summed E-state index contributed by atoms with van der Waals surface area (Å²) < 4.78 is 0. The van der Waals surface area contributed by atoms with E-state index in [1.54, 1.807) is 4.90 Å². The van der Waals surface area contributed by atoms with Gasteiger partial charge in [0.15, 0.2) is 0 Å². The van der Waals surface area contributed by atoms with Gasteiger partial charge in [0.1, 0.15) is 0 Å². The summed E-state index contributed by atoms with van der Waals surface area (Å²) in [6.45, 7) is 2.96. The Morgan fingerprint density at radius 1 is 0.857 bits per heavy atom. The molecule has 0 spiro atoms. The summed E-state index contributed by atoms with van der Waals surface area (Å²) in [6, 6.07) is 7.62. The smallest absolute Gasteiger partial charge is 0.321 e. The second-order valence-corrected chi connectivity index (χ2v) is 7.89. The minimum Gasteiger partial charge on any atom is -0.340 e. The molecule has 4 rings (SSSR count). The van der Waals surface area contributed by atoms with Crippen LogP contribution in [0.15, 0.2) is 24.3 Å². The lowest BCUT2D eigenvalue weighted by atomic mass is 10.00. The molecule has 1 aromatic carbocycles. The van der Waals surface area contributed by atoms with Gasteiger partial charge in [-0.25, -0.2) is 4.79 Å². The van der Waals surface area contributed by atoms with Gasteiger partial charge in [0, 0.05) is 56.4 Å². The summed E-state index contributed by atoms with van der Waals surface area (Å²) in [4.78, 5) is 42.1. The van der Waals surface area contributed by atoms with Gasteiger partial charge in [-0.15, -0.1) is 0 Å². The Morgan fingerprint density at radius 3 is 2.21 bits per heavy atom. The molecule has 3 fully saturated rings. The average Bonchev–Trinajstić information content (AvgIpc) is 3.15. The van der Waals surface area contributed by atoms with Crippen LogP contribution in [0, 0.1) is 0 Å². The number of nitrogens with zero attached hydrogens (tertiary/aromatic N) is 3. The number of carbonyl (C=O) groups is 3. The molecule has 0 saturated carbocycles. The number of benzene rings is 1. The van der Waals surface area contributed by atoms with Crippen LogP contribution in [0.5, 0.6) is 0 Å². The van der Waals surface area contributed by atoms with Crippen molar-refractivity contribution in [1.29, 1.82) is 0 Å². The zero-order valence-electron chi connectivity index (χ0n) is 16.2. The average molecular weight is 384 g/mol. The maximum atomic E-state index is 12.6. The second kappa shape index (κ2) is 8.20. The lowest BCUT2D eigenvalue weighted by Gasteiger charge is -2.40. The molecule has 28 heavy (non-hydrogen) atoms. The molecule has 0 aliphatic carbocycles. The van der Waals surface area contributed by atoms with Gasteiger partial charge in [-0.3, -0.25) is 9.59 Å². The second-order valence-electron chi connectivity index (χ2n) is 7.89. The first-order chi connectivity index (χ1) is 13.6. The molecule has 0 unspecified atom stereocenters. The first-order valence-electron chi connectivity index (χ1n) is 10.4. The molecule has 1 aromatic rings. The molecule has 4 amide bonds. The molecule has 150 valence electrons. The molecule has 7 heteroatoms. The van der Waals surface area contributed by atoms with Crippen molar-refractivity contribution in [2.45, 2.75) is 51.0 Å². The molecular formula is C21H28N4O3. The molecule has 1 N–H and O–H groups in total. The van der Waals surface area contributed by atoms with Crippen LogP contribution < -0.4 is 10.2 Å². The minimum absolute atomic E-state index is 0.103. The zero-order valence-corrected chi connectivity index (χ0v) is 16.2. The highest BCUT2D eigenvalue weighted by molar-refractivity contribution is 5.96. The van der Waals surface area contributed by atoms with E-state index in [0.29, 0.717) is 25.9 Å². The maximum absolute atomic E-state index is 12.6. The molecule has 0 radical (unpaired) electrons. The van der Waals surface area contributed by atoms with Crippen LogP contribution in [0.2, 0.25) is 0 Å². The van der Waals surface area contributed by atoms with Gasteiger partial charge in [-0.1, -0.05) is 0 Å². The number of likely N-dealkylation sites (tertiary alicyclic amines) is 2. The third-order valence-electron chi connectivity index (χ3n) is 6.06. The topological polar surface area (TPSA) is 73.0 Å². The van der Waals surface area contributed by atoms with Crippen LogP contribution in [0.3, 0.4) is 0 Å². The van der Waals surface area contributed by atoms with Crippen LogP contribution in [-0.4, -0.2) is 59.9 Å². The number of rotatable bonds is 3. The largest absolute Gasteiger partial charge is 0.340 e. The Balaban J connectivity index is 1.28. The summed E-state index contributed by atoms with van der Waals surface area (Å²) in [5.41, 5.74) is 1.61. The molecular weight excluding hydrogens is 356 g/mol. The van der Waals surface area contributed by atoms with Crippen molar-refractivity contribution in [2.24, 2.45) is 0 Å². The summed E-state index contributed by atoms with van der Waals surface area (Å²) in [5.74, 6) is 0.428. The lowest BCUT2D eigenvalue weighted by molar-refractivity contribution is -0.136. The van der Waals surface area contributed by atoms with Crippen molar-refractivity contribution in [3.8, 4) is 0 Å². The third kappa shape index (κ3) is 3.98. The summed E-state index contributed by atoms with van der Waals surface area (Å²) in [7, 11) is 0. The Kier molecular flexibility index (Phi) is 5.50. The Morgan fingerprint density at radius 2 is 1.57 bits per heavy atom. The predicted molar refractivity (Wildman–Crippen MR) is 107 cm³/mol. The fourth-order valence-corrected chi connectivity index (χ4v) is 4.44. The normalized spacial score (nSPS) is 21.4. The van der Waals surface area contributed by atoms with Crippen LogP contribution in [0.25, 0.3) is 0 Å². The van der Waals surface area contributed by atoms with Crippen molar-refractivity contribution < 1.29 is 14.4 Å². The standard InChI is InChI=1S/C21H28N4O3/c26-19-4-1-2-12-24(19)18-10-14-23(15-11-18)21(28)22-16-6-8-17(9-7-16)25-13-3-5-20(25)27/h6-9,18H,1-5,10-15H2,(H,22,28). The van der Waals surface area contributed by atoms with Crippen LogP contribution in [0.4, 0.5) is 16.2 Å². The predicted octanol–water partition coefficient (Wildman–Crippen LogP) is 2.82. The first-order valence-corrected chi connectivity index (χ1v) is 10.4. The van der Waals surface area contributed by atoms with E-state index < -0.39 is 0 Å². The molecule has 3 saturated heterocycles. The number of carbonyl (C=O) groups excluding carboxylic acids is 3. The van der Waals surface area contributed by atoms with E-state index in [2.05, 4.69) is 5.32 Å². The number of amides is 4. The Bertz CT molecular complexity index is 741. The molecule has 7 nitrogen and oxygen atoms in total. The summed E-state index contributed by atoms with van der Waals surface area (Å²) in [6.07, 6.45) is 5.95. The van der Waals surface area contributed by atoms with E-state index in [4.69, 9.17) is 0 Å². The fraction of sp³-hybridized carbons (Fsp3) is 0.571. The van der Waals surface area contributed by atoms with Gasteiger partial charge in [0.25, 0.3) is 0 Å². The number of nitrogens with one attached hydrogen (secondary N) is 1. The van der Waals surface area contributed by atoms with Gasteiger partial charge in [-0.05, 0) is 56.4 Å². The Hall–Kier alpha value is -2.57. The molecule has 0 bridgehead atoms. The fourth-order valence-electron chi connectivity index (χ4n) is 4.44. The summed E-state index contributed by atoms with van der Waals surface area (Å²) >= 11 is 0. The molecule has 3 heterocycles. The third-order valence-corrected chi connectivity index (χ3v) is 6.06. The van der Waals surface area contributed by atoms with E-state index in [1.165, 1.54) is 0 Å². The number of hydrogen-bond acceptors (Lipinski definition) is 3. The Labute approximate surface area is 165 Å². The number of hydrogen-bond donors (Lipinski definition) is 1. The van der Waals surface area contributed by atoms with E-state index >= 15 is 0 Å². The quantitative estimate of drug-likeness (QED) is 0.871. The van der Waals surface area contributed by atoms with Gasteiger partial charge in [-0.2, -0.15) is 0 Å². The van der Waals surface area contributed by atoms with Crippen molar-refractivity contribution in [1.82, 2.24) is 9.80 Å². The SMILES string of the molecule is O=C(Nc1ccc(N2CCCC2=O)cc1)N1CCC(N2CCCCC2=O)CC1. The van der Waals surface area contributed by atoms with Gasteiger partial charge in [0.2, 0.25) is 11.8 Å². The van der Waals surface area contributed by atoms with Crippen molar-refractivity contribution >= 4 is 29.2 Å². The number of anilines is 2. The molecule has 0 atom stereocenters. The minimum atomic E-state index is -0.103. The zero-order chi connectivity index (χ0) is 19.5. The highest BCUT2D eigenvalue weighted by Crippen LogP contribution is 2.24. The van der Waals surface area contributed by atoms with E-state index in [0.717, 1.165) is 56.6 Å². The van der Waals surface area contributed by atoms with Crippen LogP contribution in [0.1, 0.15) is 44.9 Å². The van der Waals surface area contributed by atoms with Crippen molar-refractivity contribution in [2.75, 3.05) is 36.4 Å². The monoisotopic (exact) mass is 384 g/mol. The van der Waals surface area contributed by atoms with Crippen molar-refractivity contribution in [3.05, 3.63) is 24.3 Å². The lowest BCUT2D eigenvalue weighted by Crippen LogP contribution is -2.50. The van der Waals surface area contributed by atoms with Gasteiger partial charge >= 0.3 is 6.03 Å². The van der Waals surface area contributed by atoms with E-state index in [-0.39, 0.29) is 23.9 Å². The number of urea groups is 1. The molecule has 3 aliphatic rings.